The summed E-state index contributed by atoms with van der Waals surface area (Å²) in [5, 5.41) is 7.42. The Bertz CT molecular complexity index is 585. The molecular formula is C14H16F3N3. The maximum atomic E-state index is 12.5. The topological polar surface area (TPSA) is 29.9 Å². The summed E-state index contributed by atoms with van der Waals surface area (Å²) >= 11 is 0. The van der Waals surface area contributed by atoms with Gasteiger partial charge in [0.1, 0.15) is 0 Å². The number of alkyl halides is 3. The summed E-state index contributed by atoms with van der Waals surface area (Å²) in [5.74, 6) is 0. The lowest BCUT2D eigenvalue weighted by Crippen LogP contribution is -2.08. The molecule has 2 aromatic rings. The lowest BCUT2D eigenvalue weighted by molar-refractivity contribution is -0.137. The Morgan fingerprint density at radius 3 is 2.25 bits per heavy atom. The van der Waals surface area contributed by atoms with Crippen LogP contribution in [0.15, 0.2) is 30.5 Å². The van der Waals surface area contributed by atoms with Gasteiger partial charge in [-0.05, 0) is 38.1 Å². The molecule has 0 spiro atoms. The van der Waals surface area contributed by atoms with Crippen LogP contribution < -0.4 is 5.32 Å². The highest BCUT2D eigenvalue weighted by Crippen LogP contribution is 2.30. The molecule has 1 aromatic carbocycles. The molecule has 1 N–H and O–H groups in total. The third kappa shape index (κ3) is 3.12. The standard InChI is InChI=1S/C14H16F3N3/c1-9(13-8-20(3)19-10(13)2)18-12-6-4-11(5-7-12)14(15,16)17/h4-9,18H,1-3H3. The van der Waals surface area contributed by atoms with Crippen molar-refractivity contribution >= 4 is 5.69 Å². The van der Waals surface area contributed by atoms with Crippen molar-refractivity contribution in [3.05, 3.63) is 47.3 Å². The number of benzene rings is 1. The van der Waals surface area contributed by atoms with Crippen LogP contribution in [0.4, 0.5) is 18.9 Å². The molecule has 0 aliphatic carbocycles. The molecule has 3 nitrogen and oxygen atoms in total. The molecule has 0 fully saturated rings. The summed E-state index contributed by atoms with van der Waals surface area (Å²) in [5.41, 5.74) is 1.92. The fourth-order valence-corrected chi connectivity index (χ4v) is 2.13. The van der Waals surface area contributed by atoms with E-state index in [4.69, 9.17) is 0 Å². The van der Waals surface area contributed by atoms with E-state index in [2.05, 4.69) is 10.4 Å². The molecule has 2 rings (SSSR count). The Labute approximate surface area is 115 Å². The van der Waals surface area contributed by atoms with Crippen LogP contribution in [0.2, 0.25) is 0 Å². The van der Waals surface area contributed by atoms with Crippen molar-refractivity contribution < 1.29 is 13.2 Å². The van der Waals surface area contributed by atoms with Crippen molar-refractivity contribution in [2.24, 2.45) is 7.05 Å². The average molecular weight is 283 g/mol. The van der Waals surface area contributed by atoms with Gasteiger partial charge in [0.25, 0.3) is 0 Å². The zero-order valence-corrected chi connectivity index (χ0v) is 11.5. The molecule has 108 valence electrons. The number of halogens is 3. The zero-order chi connectivity index (χ0) is 14.9. The van der Waals surface area contributed by atoms with E-state index >= 15 is 0 Å². The number of aromatic nitrogens is 2. The monoisotopic (exact) mass is 283 g/mol. The summed E-state index contributed by atoms with van der Waals surface area (Å²) < 4.78 is 39.1. The molecule has 1 heterocycles. The van der Waals surface area contributed by atoms with E-state index < -0.39 is 11.7 Å². The maximum absolute atomic E-state index is 12.5. The van der Waals surface area contributed by atoms with Crippen molar-refractivity contribution in [1.82, 2.24) is 9.78 Å². The summed E-state index contributed by atoms with van der Waals surface area (Å²) in [4.78, 5) is 0. The van der Waals surface area contributed by atoms with Gasteiger partial charge in [-0.15, -0.1) is 0 Å². The quantitative estimate of drug-likeness (QED) is 0.925. The molecule has 6 heteroatoms. The van der Waals surface area contributed by atoms with Gasteiger partial charge in [0.2, 0.25) is 0 Å². The Morgan fingerprint density at radius 1 is 1.20 bits per heavy atom. The van der Waals surface area contributed by atoms with E-state index in [1.54, 1.807) is 4.68 Å². The second kappa shape index (κ2) is 5.19. The van der Waals surface area contributed by atoms with E-state index in [0.29, 0.717) is 5.69 Å². The van der Waals surface area contributed by atoms with Gasteiger partial charge in [0.15, 0.2) is 0 Å². The minimum atomic E-state index is -4.30. The van der Waals surface area contributed by atoms with Crippen LogP contribution in [-0.2, 0) is 13.2 Å². The molecule has 1 atom stereocenters. The summed E-state index contributed by atoms with van der Waals surface area (Å²) in [6.45, 7) is 3.85. The van der Waals surface area contributed by atoms with E-state index in [9.17, 15) is 13.2 Å². The lowest BCUT2D eigenvalue weighted by Gasteiger charge is -2.15. The molecular weight excluding hydrogens is 267 g/mol. The molecule has 0 saturated heterocycles. The van der Waals surface area contributed by atoms with Crippen molar-refractivity contribution in [3.8, 4) is 0 Å². The number of nitrogens with zero attached hydrogens (tertiary/aromatic N) is 2. The molecule has 0 radical (unpaired) electrons. The number of anilines is 1. The van der Waals surface area contributed by atoms with Crippen LogP contribution >= 0.6 is 0 Å². The normalized spacial score (nSPS) is 13.3. The molecule has 0 aliphatic heterocycles. The van der Waals surface area contributed by atoms with E-state index in [1.165, 1.54) is 12.1 Å². The van der Waals surface area contributed by atoms with Crippen molar-refractivity contribution in [1.29, 1.82) is 0 Å². The Balaban J connectivity index is 2.12. The molecule has 0 amide bonds. The first-order valence-electron chi connectivity index (χ1n) is 6.21. The van der Waals surface area contributed by atoms with Crippen LogP contribution in [0.1, 0.15) is 29.8 Å². The third-order valence-electron chi connectivity index (χ3n) is 3.11. The van der Waals surface area contributed by atoms with Gasteiger partial charge in [0, 0.05) is 24.5 Å². The van der Waals surface area contributed by atoms with Crippen molar-refractivity contribution in [2.45, 2.75) is 26.1 Å². The minimum Gasteiger partial charge on any atom is -0.378 e. The van der Waals surface area contributed by atoms with Crippen LogP contribution in [-0.4, -0.2) is 9.78 Å². The molecule has 1 unspecified atom stereocenters. The van der Waals surface area contributed by atoms with Gasteiger partial charge >= 0.3 is 6.18 Å². The fourth-order valence-electron chi connectivity index (χ4n) is 2.13. The minimum absolute atomic E-state index is 0.0274. The smallest absolute Gasteiger partial charge is 0.378 e. The molecule has 20 heavy (non-hydrogen) atoms. The maximum Gasteiger partial charge on any atom is 0.416 e. The van der Waals surface area contributed by atoms with Crippen molar-refractivity contribution in [2.75, 3.05) is 5.32 Å². The first-order chi connectivity index (χ1) is 9.27. The Kier molecular flexibility index (Phi) is 3.74. The summed E-state index contributed by atoms with van der Waals surface area (Å²) in [6.07, 6.45) is -2.40. The summed E-state index contributed by atoms with van der Waals surface area (Å²) in [7, 11) is 1.83. The van der Waals surface area contributed by atoms with Gasteiger partial charge in [-0.2, -0.15) is 18.3 Å². The second-order valence-electron chi connectivity index (χ2n) is 4.78. The van der Waals surface area contributed by atoms with Crippen LogP contribution in [0.5, 0.6) is 0 Å². The SMILES string of the molecule is Cc1nn(C)cc1C(C)Nc1ccc(C(F)(F)F)cc1. The number of nitrogens with one attached hydrogen (secondary N) is 1. The number of aryl methyl sites for hydroxylation is 2. The van der Waals surface area contributed by atoms with Gasteiger partial charge < -0.3 is 5.32 Å². The van der Waals surface area contributed by atoms with Gasteiger partial charge in [0.05, 0.1) is 17.3 Å². The molecule has 0 aliphatic rings. The van der Waals surface area contributed by atoms with Crippen molar-refractivity contribution in [3.63, 3.8) is 0 Å². The Morgan fingerprint density at radius 2 is 1.80 bits per heavy atom. The van der Waals surface area contributed by atoms with Crippen LogP contribution in [0.3, 0.4) is 0 Å². The van der Waals surface area contributed by atoms with Crippen LogP contribution in [0, 0.1) is 6.92 Å². The highest BCUT2D eigenvalue weighted by molar-refractivity contribution is 5.47. The summed E-state index contributed by atoms with van der Waals surface area (Å²) in [6, 6.07) is 4.99. The van der Waals surface area contributed by atoms with E-state index in [-0.39, 0.29) is 6.04 Å². The lowest BCUT2D eigenvalue weighted by atomic mass is 10.1. The van der Waals surface area contributed by atoms with Gasteiger partial charge in [-0.25, -0.2) is 0 Å². The Hall–Kier alpha value is -1.98. The van der Waals surface area contributed by atoms with E-state index in [1.807, 2.05) is 27.1 Å². The highest BCUT2D eigenvalue weighted by atomic mass is 19.4. The van der Waals surface area contributed by atoms with Crippen LogP contribution in [0.25, 0.3) is 0 Å². The predicted molar refractivity (Wildman–Crippen MR) is 71.4 cm³/mol. The second-order valence-corrected chi connectivity index (χ2v) is 4.78. The number of hydrogen-bond donors (Lipinski definition) is 1. The third-order valence-corrected chi connectivity index (χ3v) is 3.11. The average Bonchev–Trinajstić information content (AvgIpc) is 2.68. The highest BCUT2D eigenvalue weighted by Gasteiger charge is 2.29. The number of hydrogen-bond acceptors (Lipinski definition) is 2. The molecule has 0 saturated carbocycles. The number of rotatable bonds is 3. The van der Waals surface area contributed by atoms with E-state index in [0.717, 1.165) is 23.4 Å². The first-order valence-corrected chi connectivity index (χ1v) is 6.21. The first kappa shape index (κ1) is 14.4. The predicted octanol–water partition coefficient (Wildman–Crippen LogP) is 3.92. The fraction of sp³-hybridized carbons (Fsp3) is 0.357. The molecule has 0 bridgehead atoms. The zero-order valence-electron chi connectivity index (χ0n) is 11.5. The van der Waals surface area contributed by atoms with Gasteiger partial charge in [-0.3, -0.25) is 4.68 Å². The largest absolute Gasteiger partial charge is 0.416 e. The van der Waals surface area contributed by atoms with Gasteiger partial charge in [-0.1, -0.05) is 0 Å². The molecule has 1 aromatic heterocycles.